The maximum absolute atomic E-state index is 11.3. The number of sulfonamides is 1. The van der Waals surface area contributed by atoms with Crippen molar-refractivity contribution in [3.05, 3.63) is 59.2 Å². The van der Waals surface area contributed by atoms with Crippen LogP contribution in [0.5, 0.6) is 5.75 Å². The summed E-state index contributed by atoms with van der Waals surface area (Å²) in [5.74, 6) is 0.921. The highest BCUT2D eigenvalue weighted by Crippen LogP contribution is 2.34. The van der Waals surface area contributed by atoms with Gasteiger partial charge in [0.2, 0.25) is 10.0 Å². The molecule has 0 spiro atoms. The highest BCUT2D eigenvalue weighted by Gasteiger charge is 2.25. The summed E-state index contributed by atoms with van der Waals surface area (Å²) in [6.45, 7) is 4.70. The molecule has 122 valence electrons. The molecule has 0 amide bonds. The zero-order valence-corrected chi connectivity index (χ0v) is 13.9. The van der Waals surface area contributed by atoms with E-state index in [-0.39, 0.29) is 17.0 Å². The van der Waals surface area contributed by atoms with Crippen molar-refractivity contribution in [1.82, 2.24) is 5.32 Å². The molecule has 1 aliphatic rings. The number of aryl methyl sites for hydroxylation is 1. The van der Waals surface area contributed by atoms with E-state index in [2.05, 4.69) is 18.3 Å². The molecular weight excluding hydrogens is 312 g/mol. The Morgan fingerprint density at radius 3 is 2.57 bits per heavy atom. The van der Waals surface area contributed by atoms with Gasteiger partial charge in [-0.15, -0.1) is 0 Å². The lowest BCUT2D eigenvalue weighted by atomic mass is 10.0. The Labute approximate surface area is 136 Å². The maximum Gasteiger partial charge on any atom is 0.238 e. The second kappa shape index (κ2) is 5.96. The Morgan fingerprint density at radius 1 is 1.22 bits per heavy atom. The molecule has 3 rings (SSSR count). The lowest BCUT2D eigenvalue weighted by Gasteiger charge is -2.19. The van der Waals surface area contributed by atoms with E-state index in [1.54, 1.807) is 12.1 Å². The topological polar surface area (TPSA) is 81.4 Å². The molecule has 0 bridgehead atoms. The van der Waals surface area contributed by atoms with Crippen molar-refractivity contribution in [1.29, 1.82) is 0 Å². The fourth-order valence-electron chi connectivity index (χ4n) is 2.82. The van der Waals surface area contributed by atoms with E-state index in [4.69, 9.17) is 9.88 Å². The number of hydrogen-bond acceptors (Lipinski definition) is 4. The molecule has 0 saturated carbocycles. The molecule has 2 aromatic rings. The number of primary sulfonamides is 1. The number of benzene rings is 2. The third-order valence-electron chi connectivity index (χ3n) is 4.11. The van der Waals surface area contributed by atoms with Crippen LogP contribution < -0.4 is 15.2 Å². The molecule has 1 aliphatic heterocycles. The van der Waals surface area contributed by atoms with Crippen molar-refractivity contribution < 1.29 is 13.2 Å². The Bertz CT molecular complexity index is 816. The minimum absolute atomic E-state index is 0.0598. The number of ether oxygens (including phenoxy) is 1. The third-order valence-corrected chi connectivity index (χ3v) is 5.04. The molecule has 6 heteroatoms. The second-order valence-electron chi connectivity index (χ2n) is 5.91. The molecule has 5 nitrogen and oxygen atoms in total. The normalized spacial score (nSPS) is 18.3. The minimum atomic E-state index is -3.65. The van der Waals surface area contributed by atoms with Gasteiger partial charge in [0, 0.05) is 11.6 Å². The maximum atomic E-state index is 11.3. The highest BCUT2D eigenvalue weighted by molar-refractivity contribution is 7.89. The molecule has 0 radical (unpaired) electrons. The molecule has 0 aliphatic carbocycles. The van der Waals surface area contributed by atoms with Crippen LogP contribution in [0.15, 0.2) is 47.4 Å². The average Bonchev–Trinajstić information content (AvgIpc) is 2.89. The number of fused-ring (bicyclic) bond motifs is 1. The molecule has 23 heavy (non-hydrogen) atoms. The highest BCUT2D eigenvalue weighted by atomic mass is 32.2. The summed E-state index contributed by atoms with van der Waals surface area (Å²) >= 11 is 0. The average molecular weight is 332 g/mol. The van der Waals surface area contributed by atoms with Crippen LogP contribution in [0.25, 0.3) is 0 Å². The predicted molar refractivity (Wildman–Crippen MR) is 88.8 cm³/mol. The first kappa shape index (κ1) is 16.0. The van der Waals surface area contributed by atoms with Crippen LogP contribution in [-0.2, 0) is 10.0 Å². The quantitative estimate of drug-likeness (QED) is 0.901. The van der Waals surface area contributed by atoms with Gasteiger partial charge in [0.25, 0.3) is 0 Å². The van der Waals surface area contributed by atoms with Gasteiger partial charge in [-0.2, -0.15) is 0 Å². The van der Waals surface area contributed by atoms with E-state index < -0.39 is 10.0 Å². The van der Waals surface area contributed by atoms with Gasteiger partial charge in [-0.1, -0.05) is 29.8 Å². The minimum Gasteiger partial charge on any atom is -0.491 e. The van der Waals surface area contributed by atoms with Crippen LogP contribution in [0, 0.1) is 6.92 Å². The SMILES string of the molecule is Cc1ccc2c(c1)[C@H](N[C@H](C)c1ccc(S(N)(=O)=O)cc1)CO2. The van der Waals surface area contributed by atoms with Crippen molar-refractivity contribution in [2.75, 3.05) is 6.61 Å². The van der Waals surface area contributed by atoms with E-state index in [9.17, 15) is 8.42 Å². The second-order valence-corrected chi connectivity index (χ2v) is 7.47. The Morgan fingerprint density at radius 2 is 1.91 bits per heavy atom. The molecule has 2 atom stereocenters. The molecule has 0 fully saturated rings. The molecule has 3 N–H and O–H groups in total. The summed E-state index contributed by atoms with van der Waals surface area (Å²) in [6, 6.07) is 13.0. The first-order valence-electron chi connectivity index (χ1n) is 7.47. The molecule has 0 saturated heterocycles. The fourth-order valence-corrected chi connectivity index (χ4v) is 3.33. The van der Waals surface area contributed by atoms with Crippen LogP contribution >= 0.6 is 0 Å². The zero-order chi connectivity index (χ0) is 16.6. The standard InChI is InChI=1S/C17H20N2O3S/c1-11-3-8-17-15(9-11)16(10-22-17)19-12(2)13-4-6-14(7-5-13)23(18,20)21/h3-9,12,16,19H,10H2,1-2H3,(H2,18,20,21)/t12-,16-/m1/s1. The molecule has 1 heterocycles. The Kier molecular flexibility index (Phi) is 4.14. The van der Waals surface area contributed by atoms with E-state index in [0.717, 1.165) is 16.9 Å². The smallest absolute Gasteiger partial charge is 0.238 e. The zero-order valence-electron chi connectivity index (χ0n) is 13.1. The number of nitrogens with one attached hydrogen (secondary N) is 1. The van der Waals surface area contributed by atoms with Crippen LogP contribution in [0.2, 0.25) is 0 Å². The van der Waals surface area contributed by atoms with Gasteiger partial charge in [-0.25, -0.2) is 13.6 Å². The lowest BCUT2D eigenvalue weighted by molar-refractivity contribution is 0.301. The van der Waals surface area contributed by atoms with Gasteiger partial charge in [-0.05, 0) is 37.6 Å². The largest absolute Gasteiger partial charge is 0.491 e. The van der Waals surface area contributed by atoms with Gasteiger partial charge in [-0.3, -0.25) is 0 Å². The van der Waals surface area contributed by atoms with E-state index in [1.807, 2.05) is 19.1 Å². The molecule has 0 aromatic heterocycles. The first-order chi connectivity index (χ1) is 10.8. The number of hydrogen-bond donors (Lipinski definition) is 2. The van der Waals surface area contributed by atoms with Crippen LogP contribution in [0.3, 0.4) is 0 Å². The van der Waals surface area contributed by atoms with Gasteiger partial charge in [0.15, 0.2) is 0 Å². The predicted octanol–water partition coefficient (Wildman–Crippen LogP) is 2.43. The van der Waals surface area contributed by atoms with Crippen molar-refractivity contribution in [3.8, 4) is 5.75 Å². The molecule has 2 aromatic carbocycles. The van der Waals surface area contributed by atoms with E-state index in [1.165, 1.54) is 17.7 Å². The monoisotopic (exact) mass is 332 g/mol. The summed E-state index contributed by atoms with van der Waals surface area (Å²) in [5.41, 5.74) is 3.36. The number of nitrogens with two attached hydrogens (primary N) is 1. The Balaban J connectivity index is 1.76. The van der Waals surface area contributed by atoms with Crippen LogP contribution in [0.1, 0.15) is 35.7 Å². The van der Waals surface area contributed by atoms with E-state index in [0.29, 0.717) is 6.61 Å². The van der Waals surface area contributed by atoms with Gasteiger partial charge >= 0.3 is 0 Å². The van der Waals surface area contributed by atoms with Crippen molar-refractivity contribution >= 4 is 10.0 Å². The lowest BCUT2D eigenvalue weighted by Crippen LogP contribution is -2.25. The summed E-state index contributed by atoms with van der Waals surface area (Å²) in [6.07, 6.45) is 0. The van der Waals surface area contributed by atoms with Crippen molar-refractivity contribution in [3.63, 3.8) is 0 Å². The van der Waals surface area contributed by atoms with Crippen LogP contribution in [-0.4, -0.2) is 15.0 Å². The molecule has 0 unspecified atom stereocenters. The third kappa shape index (κ3) is 3.39. The summed E-state index contributed by atoms with van der Waals surface area (Å²) < 4.78 is 28.3. The number of rotatable bonds is 4. The molecular formula is C17H20N2O3S. The van der Waals surface area contributed by atoms with Gasteiger partial charge < -0.3 is 10.1 Å². The van der Waals surface area contributed by atoms with Crippen molar-refractivity contribution in [2.45, 2.75) is 30.8 Å². The van der Waals surface area contributed by atoms with E-state index >= 15 is 0 Å². The van der Waals surface area contributed by atoms with Gasteiger partial charge in [0.05, 0.1) is 10.9 Å². The summed E-state index contributed by atoms with van der Waals surface area (Å²) in [7, 11) is -3.65. The summed E-state index contributed by atoms with van der Waals surface area (Å²) in [4.78, 5) is 0.124. The van der Waals surface area contributed by atoms with Gasteiger partial charge in [0.1, 0.15) is 12.4 Å². The van der Waals surface area contributed by atoms with Crippen molar-refractivity contribution in [2.24, 2.45) is 5.14 Å². The fraction of sp³-hybridized carbons (Fsp3) is 0.294. The summed E-state index contributed by atoms with van der Waals surface area (Å²) in [5, 5.41) is 8.65. The van der Waals surface area contributed by atoms with Crippen LogP contribution in [0.4, 0.5) is 0 Å². The first-order valence-corrected chi connectivity index (χ1v) is 9.01. The Hall–Kier alpha value is -1.89.